The van der Waals surface area contributed by atoms with Crippen LogP contribution in [0.15, 0.2) is 54.6 Å². The Morgan fingerprint density at radius 2 is 1.86 bits per heavy atom. The highest BCUT2D eigenvalue weighted by Crippen LogP contribution is 2.15. The van der Waals surface area contributed by atoms with Crippen LogP contribution in [0.3, 0.4) is 0 Å². The van der Waals surface area contributed by atoms with E-state index in [0.717, 1.165) is 38.0 Å². The summed E-state index contributed by atoms with van der Waals surface area (Å²) < 4.78 is 5.16. The number of hydrogen-bond donors (Lipinski definition) is 1. The molecule has 2 aromatic rings. The fraction of sp³-hybridized carbons (Fsp3) is 0.391. The number of hydrogen-bond acceptors (Lipinski definition) is 3. The van der Waals surface area contributed by atoms with Gasteiger partial charge in [-0.2, -0.15) is 0 Å². The number of nitrogens with zero attached hydrogens (tertiary/aromatic N) is 1. The molecule has 28 heavy (non-hydrogen) atoms. The van der Waals surface area contributed by atoms with Gasteiger partial charge in [0.15, 0.2) is 0 Å². The lowest BCUT2D eigenvalue weighted by Crippen LogP contribution is -2.49. The van der Waals surface area contributed by atoms with Crippen LogP contribution in [0.1, 0.15) is 41.6 Å². The molecule has 0 aromatic heterocycles. The van der Waals surface area contributed by atoms with E-state index in [0.29, 0.717) is 18.5 Å². The first-order valence-corrected chi connectivity index (χ1v) is 9.92. The molecule has 0 bridgehead atoms. The second-order valence-corrected chi connectivity index (χ2v) is 7.23. The summed E-state index contributed by atoms with van der Waals surface area (Å²) in [6, 6.07) is 17.3. The zero-order valence-electron chi connectivity index (χ0n) is 16.4. The molecule has 0 spiro atoms. The minimum Gasteiger partial charge on any atom is -0.497 e. The van der Waals surface area contributed by atoms with Crippen LogP contribution in [0.5, 0.6) is 5.75 Å². The summed E-state index contributed by atoms with van der Waals surface area (Å²) in [5.74, 6) is 0.944. The first-order chi connectivity index (χ1) is 13.7. The molecule has 0 saturated carbocycles. The van der Waals surface area contributed by atoms with Crippen molar-refractivity contribution in [3.05, 3.63) is 65.7 Å². The van der Waals surface area contributed by atoms with Crippen LogP contribution in [-0.2, 0) is 11.2 Å². The van der Waals surface area contributed by atoms with Crippen molar-refractivity contribution in [1.82, 2.24) is 10.2 Å². The van der Waals surface area contributed by atoms with E-state index in [-0.39, 0.29) is 17.9 Å². The number of benzene rings is 2. The maximum atomic E-state index is 12.6. The van der Waals surface area contributed by atoms with Gasteiger partial charge in [-0.25, -0.2) is 0 Å². The summed E-state index contributed by atoms with van der Waals surface area (Å²) in [4.78, 5) is 26.8. The molecular weight excluding hydrogens is 352 g/mol. The Morgan fingerprint density at radius 1 is 1.11 bits per heavy atom. The Morgan fingerprint density at radius 3 is 2.57 bits per heavy atom. The van der Waals surface area contributed by atoms with E-state index in [4.69, 9.17) is 4.74 Å². The number of carbonyl (C=O) groups excluding carboxylic acids is 2. The van der Waals surface area contributed by atoms with Crippen LogP contribution >= 0.6 is 0 Å². The zero-order chi connectivity index (χ0) is 19.8. The predicted molar refractivity (Wildman–Crippen MR) is 109 cm³/mol. The molecule has 2 aromatic carbocycles. The third kappa shape index (κ3) is 5.59. The van der Waals surface area contributed by atoms with Gasteiger partial charge in [0.2, 0.25) is 5.91 Å². The van der Waals surface area contributed by atoms with Crippen LogP contribution < -0.4 is 10.1 Å². The molecule has 1 aliphatic rings. The molecule has 148 valence electrons. The number of piperidine rings is 1. The highest BCUT2D eigenvalue weighted by molar-refractivity contribution is 5.94. The van der Waals surface area contributed by atoms with Gasteiger partial charge in [0.25, 0.3) is 5.91 Å². The fourth-order valence-electron chi connectivity index (χ4n) is 3.59. The quantitative estimate of drug-likeness (QED) is 0.800. The molecule has 1 fully saturated rings. The van der Waals surface area contributed by atoms with E-state index in [2.05, 4.69) is 5.32 Å². The Bertz CT molecular complexity index is 774. The fourth-order valence-corrected chi connectivity index (χ4v) is 3.59. The van der Waals surface area contributed by atoms with Gasteiger partial charge < -0.3 is 15.0 Å². The van der Waals surface area contributed by atoms with Gasteiger partial charge in [-0.05, 0) is 55.5 Å². The second-order valence-electron chi connectivity index (χ2n) is 7.23. The summed E-state index contributed by atoms with van der Waals surface area (Å²) in [6.45, 7) is 1.33. The minimum absolute atomic E-state index is 0.0369. The number of ether oxygens (including phenoxy) is 1. The number of methoxy groups -OCH3 is 1. The molecule has 0 aliphatic carbocycles. The first kappa shape index (κ1) is 19.9. The summed E-state index contributed by atoms with van der Waals surface area (Å²) in [7, 11) is 1.65. The van der Waals surface area contributed by atoms with Gasteiger partial charge in [0.1, 0.15) is 5.75 Å². The van der Waals surface area contributed by atoms with Crippen LogP contribution in [0.4, 0.5) is 0 Å². The summed E-state index contributed by atoms with van der Waals surface area (Å²) in [6.07, 6.45) is 3.99. The third-order valence-corrected chi connectivity index (χ3v) is 5.12. The number of amides is 2. The average Bonchev–Trinajstić information content (AvgIpc) is 2.74. The number of aryl methyl sites for hydroxylation is 1. The lowest BCUT2D eigenvalue weighted by atomic mass is 10.0. The van der Waals surface area contributed by atoms with Crippen molar-refractivity contribution in [2.45, 2.75) is 38.1 Å². The van der Waals surface area contributed by atoms with Gasteiger partial charge in [0, 0.05) is 31.1 Å². The standard InChI is InChI=1S/C23H28N2O3/c1-28-21-14-12-18(13-15-21)7-5-11-22(26)24-20-10-6-16-25(17-20)23(27)19-8-3-2-4-9-19/h2-4,8-9,12-15,20H,5-7,10-11,16-17H2,1H3,(H,24,26)/t20-/m1/s1. The average molecular weight is 380 g/mol. The zero-order valence-corrected chi connectivity index (χ0v) is 16.4. The lowest BCUT2D eigenvalue weighted by Gasteiger charge is -2.33. The van der Waals surface area contributed by atoms with Crippen molar-refractivity contribution >= 4 is 11.8 Å². The molecule has 1 aliphatic heterocycles. The van der Waals surface area contributed by atoms with Crippen LogP contribution in [-0.4, -0.2) is 43.0 Å². The normalized spacial score (nSPS) is 16.5. The summed E-state index contributed by atoms with van der Waals surface area (Å²) in [5, 5.41) is 3.11. The van der Waals surface area contributed by atoms with E-state index in [1.807, 2.05) is 59.5 Å². The van der Waals surface area contributed by atoms with E-state index in [9.17, 15) is 9.59 Å². The molecule has 1 saturated heterocycles. The Hall–Kier alpha value is -2.82. The molecule has 0 radical (unpaired) electrons. The lowest BCUT2D eigenvalue weighted by molar-refractivity contribution is -0.122. The third-order valence-electron chi connectivity index (χ3n) is 5.12. The van der Waals surface area contributed by atoms with Crippen molar-refractivity contribution < 1.29 is 14.3 Å². The molecule has 5 nitrogen and oxygen atoms in total. The van der Waals surface area contributed by atoms with Gasteiger partial charge in [0.05, 0.1) is 7.11 Å². The van der Waals surface area contributed by atoms with Crippen LogP contribution in [0.2, 0.25) is 0 Å². The highest BCUT2D eigenvalue weighted by Gasteiger charge is 2.25. The summed E-state index contributed by atoms with van der Waals surface area (Å²) in [5.41, 5.74) is 1.90. The van der Waals surface area contributed by atoms with Gasteiger partial charge in [-0.15, -0.1) is 0 Å². The monoisotopic (exact) mass is 380 g/mol. The molecule has 1 heterocycles. The van der Waals surface area contributed by atoms with Crippen molar-refractivity contribution in [1.29, 1.82) is 0 Å². The van der Waals surface area contributed by atoms with E-state index in [1.165, 1.54) is 5.56 Å². The molecule has 5 heteroatoms. The molecule has 2 amide bonds. The van der Waals surface area contributed by atoms with Crippen LogP contribution in [0.25, 0.3) is 0 Å². The van der Waals surface area contributed by atoms with Crippen molar-refractivity contribution in [3.8, 4) is 5.75 Å². The van der Waals surface area contributed by atoms with E-state index in [1.54, 1.807) is 7.11 Å². The van der Waals surface area contributed by atoms with Crippen molar-refractivity contribution in [2.24, 2.45) is 0 Å². The number of rotatable bonds is 7. The van der Waals surface area contributed by atoms with Gasteiger partial charge >= 0.3 is 0 Å². The number of nitrogens with one attached hydrogen (secondary N) is 1. The highest BCUT2D eigenvalue weighted by atomic mass is 16.5. The number of carbonyl (C=O) groups is 2. The smallest absolute Gasteiger partial charge is 0.253 e. The largest absolute Gasteiger partial charge is 0.497 e. The molecular formula is C23H28N2O3. The molecule has 0 unspecified atom stereocenters. The van der Waals surface area contributed by atoms with Crippen molar-refractivity contribution in [2.75, 3.05) is 20.2 Å². The molecule has 1 N–H and O–H groups in total. The van der Waals surface area contributed by atoms with E-state index < -0.39 is 0 Å². The Labute approximate surface area is 166 Å². The number of likely N-dealkylation sites (tertiary alicyclic amines) is 1. The van der Waals surface area contributed by atoms with Crippen molar-refractivity contribution in [3.63, 3.8) is 0 Å². The Balaban J connectivity index is 1.42. The van der Waals surface area contributed by atoms with Gasteiger partial charge in [-0.3, -0.25) is 9.59 Å². The second kappa shape index (κ2) is 9.93. The van der Waals surface area contributed by atoms with E-state index >= 15 is 0 Å². The molecule has 1 atom stereocenters. The maximum absolute atomic E-state index is 12.6. The topological polar surface area (TPSA) is 58.6 Å². The molecule has 3 rings (SSSR count). The Kier molecular flexibility index (Phi) is 7.06. The van der Waals surface area contributed by atoms with Crippen LogP contribution in [0, 0.1) is 0 Å². The summed E-state index contributed by atoms with van der Waals surface area (Å²) >= 11 is 0. The maximum Gasteiger partial charge on any atom is 0.253 e. The minimum atomic E-state index is 0.0369. The predicted octanol–water partition coefficient (Wildman–Crippen LogP) is 3.44. The SMILES string of the molecule is COc1ccc(CCCC(=O)N[C@@H]2CCCN(C(=O)c3ccccc3)C2)cc1. The van der Waals surface area contributed by atoms with Gasteiger partial charge in [-0.1, -0.05) is 30.3 Å². The first-order valence-electron chi connectivity index (χ1n) is 9.92.